The molecule has 3 rings (SSSR count). The van der Waals surface area contributed by atoms with E-state index in [-0.39, 0.29) is 5.91 Å². The summed E-state index contributed by atoms with van der Waals surface area (Å²) in [5.74, 6) is 0.296. The summed E-state index contributed by atoms with van der Waals surface area (Å²) in [6.45, 7) is 5.83. The van der Waals surface area contributed by atoms with Crippen LogP contribution in [0.4, 0.5) is 17.3 Å². The maximum atomic E-state index is 12.7. The molecule has 0 atom stereocenters. The Labute approximate surface area is 147 Å². The number of rotatable bonds is 4. The molecule has 2 aromatic carbocycles. The number of nitrogens with one attached hydrogen (secondary N) is 2. The zero-order valence-corrected chi connectivity index (χ0v) is 14.5. The summed E-state index contributed by atoms with van der Waals surface area (Å²) in [6.07, 6.45) is 0. The van der Waals surface area contributed by atoms with Gasteiger partial charge in [-0.3, -0.25) is 4.79 Å². The zero-order chi connectivity index (χ0) is 17.8. The topological polar surface area (TPSA) is 66.9 Å². The summed E-state index contributed by atoms with van der Waals surface area (Å²) in [6, 6.07) is 16.9. The highest BCUT2D eigenvalue weighted by Crippen LogP contribution is 2.21. The number of aryl methyl sites for hydroxylation is 3. The molecule has 0 aliphatic carbocycles. The van der Waals surface area contributed by atoms with Crippen molar-refractivity contribution >= 4 is 23.2 Å². The lowest BCUT2D eigenvalue weighted by Gasteiger charge is -2.12. The largest absolute Gasteiger partial charge is 0.323 e. The van der Waals surface area contributed by atoms with Crippen molar-refractivity contribution in [2.24, 2.45) is 0 Å². The van der Waals surface area contributed by atoms with Crippen LogP contribution < -0.4 is 10.6 Å². The van der Waals surface area contributed by atoms with Gasteiger partial charge in [0, 0.05) is 17.1 Å². The predicted molar refractivity (Wildman–Crippen MR) is 100 cm³/mol. The number of nitrogens with zero attached hydrogens (tertiary/aromatic N) is 2. The van der Waals surface area contributed by atoms with E-state index in [0.717, 1.165) is 22.6 Å². The third-order valence-electron chi connectivity index (χ3n) is 3.71. The zero-order valence-electron chi connectivity index (χ0n) is 14.5. The highest BCUT2D eigenvalue weighted by Gasteiger charge is 2.12. The number of hydrogen-bond acceptors (Lipinski definition) is 4. The van der Waals surface area contributed by atoms with Gasteiger partial charge in [0.15, 0.2) is 0 Å². The van der Waals surface area contributed by atoms with E-state index in [9.17, 15) is 4.79 Å². The summed E-state index contributed by atoms with van der Waals surface area (Å²) in [5, 5.41) is 6.06. The number of carbonyl (C=O) groups excluding carboxylic acids is 1. The molecule has 126 valence electrons. The minimum absolute atomic E-state index is 0.184. The van der Waals surface area contributed by atoms with Crippen LogP contribution in [0.15, 0.2) is 54.6 Å². The predicted octanol–water partition coefficient (Wildman–Crippen LogP) is 4.40. The number of amides is 1. The van der Waals surface area contributed by atoms with Crippen LogP contribution in [0.25, 0.3) is 0 Å². The van der Waals surface area contributed by atoms with Crippen molar-refractivity contribution in [2.45, 2.75) is 20.8 Å². The van der Waals surface area contributed by atoms with Crippen LogP contribution in [0.5, 0.6) is 0 Å². The molecular formula is C20H20N4O. The van der Waals surface area contributed by atoms with Crippen LogP contribution in [-0.2, 0) is 0 Å². The molecule has 0 saturated carbocycles. The maximum Gasteiger partial charge on any atom is 0.257 e. The minimum atomic E-state index is -0.184. The van der Waals surface area contributed by atoms with Crippen LogP contribution in [0.1, 0.15) is 27.3 Å². The Morgan fingerprint density at radius 2 is 1.52 bits per heavy atom. The number of hydrogen-bond donors (Lipinski definition) is 2. The SMILES string of the molecule is Cc1ccc(NC(=O)c2ccccc2Nc2nc(C)cc(C)n2)cc1. The summed E-state index contributed by atoms with van der Waals surface area (Å²) in [5.41, 5.74) is 4.84. The average Bonchev–Trinajstić information content (AvgIpc) is 2.56. The molecular weight excluding hydrogens is 312 g/mol. The van der Waals surface area contributed by atoms with E-state index in [2.05, 4.69) is 20.6 Å². The summed E-state index contributed by atoms with van der Waals surface area (Å²) >= 11 is 0. The van der Waals surface area contributed by atoms with Crippen molar-refractivity contribution in [1.82, 2.24) is 9.97 Å². The Kier molecular flexibility index (Phi) is 4.75. The van der Waals surface area contributed by atoms with E-state index in [4.69, 9.17) is 0 Å². The third kappa shape index (κ3) is 4.20. The Bertz CT molecular complexity index is 884. The molecule has 3 aromatic rings. The van der Waals surface area contributed by atoms with Crippen molar-refractivity contribution in [1.29, 1.82) is 0 Å². The standard InChI is InChI=1S/C20H20N4O/c1-13-8-10-16(11-9-13)23-19(25)17-6-4-5-7-18(17)24-20-21-14(2)12-15(3)22-20/h4-12H,1-3H3,(H,23,25)(H,21,22,24). The van der Waals surface area contributed by atoms with Crippen molar-refractivity contribution in [3.8, 4) is 0 Å². The van der Waals surface area contributed by atoms with Crippen molar-refractivity contribution < 1.29 is 4.79 Å². The molecule has 0 fully saturated rings. The molecule has 5 heteroatoms. The van der Waals surface area contributed by atoms with Gasteiger partial charge in [0.1, 0.15) is 0 Å². The molecule has 0 radical (unpaired) electrons. The summed E-state index contributed by atoms with van der Waals surface area (Å²) < 4.78 is 0. The van der Waals surface area contributed by atoms with Crippen LogP contribution in [-0.4, -0.2) is 15.9 Å². The van der Waals surface area contributed by atoms with E-state index in [0.29, 0.717) is 17.2 Å². The van der Waals surface area contributed by atoms with Gasteiger partial charge >= 0.3 is 0 Å². The van der Waals surface area contributed by atoms with Gasteiger partial charge in [-0.25, -0.2) is 9.97 Å². The first-order valence-electron chi connectivity index (χ1n) is 8.07. The first kappa shape index (κ1) is 16.6. The molecule has 1 aromatic heterocycles. The molecule has 1 amide bonds. The quantitative estimate of drug-likeness (QED) is 0.743. The molecule has 0 unspecified atom stereocenters. The van der Waals surface area contributed by atoms with Crippen LogP contribution >= 0.6 is 0 Å². The van der Waals surface area contributed by atoms with Crippen molar-refractivity contribution in [3.05, 3.63) is 77.1 Å². The Balaban J connectivity index is 1.84. The molecule has 1 heterocycles. The maximum absolute atomic E-state index is 12.7. The number of para-hydroxylation sites is 1. The smallest absolute Gasteiger partial charge is 0.257 e. The van der Waals surface area contributed by atoms with Gasteiger partial charge < -0.3 is 10.6 Å². The lowest BCUT2D eigenvalue weighted by Crippen LogP contribution is -2.14. The van der Waals surface area contributed by atoms with Gasteiger partial charge in [-0.2, -0.15) is 0 Å². The van der Waals surface area contributed by atoms with Gasteiger partial charge in [-0.05, 0) is 51.1 Å². The minimum Gasteiger partial charge on any atom is -0.323 e. The van der Waals surface area contributed by atoms with E-state index < -0.39 is 0 Å². The van der Waals surface area contributed by atoms with Crippen LogP contribution in [0.2, 0.25) is 0 Å². The van der Waals surface area contributed by atoms with Gasteiger partial charge in [0.2, 0.25) is 5.95 Å². The van der Waals surface area contributed by atoms with Crippen LogP contribution in [0.3, 0.4) is 0 Å². The normalized spacial score (nSPS) is 10.4. The monoisotopic (exact) mass is 332 g/mol. The Morgan fingerprint density at radius 1 is 0.880 bits per heavy atom. The van der Waals surface area contributed by atoms with Crippen LogP contribution in [0, 0.1) is 20.8 Å². The first-order chi connectivity index (χ1) is 12.0. The molecule has 0 spiro atoms. The molecule has 0 saturated heterocycles. The fourth-order valence-corrected chi connectivity index (χ4v) is 2.53. The molecule has 0 aliphatic rings. The van der Waals surface area contributed by atoms with E-state index in [1.165, 1.54) is 0 Å². The Hall–Kier alpha value is -3.21. The molecule has 0 bridgehead atoms. The lowest BCUT2D eigenvalue weighted by molar-refractivity contribution is 0.102. The molecule has 5 nitrogen and oxygen atoms in total. The van der Waals surface area contributed by atoms with Gasteiger partial charge in [0.05, 0.1) is 11.3 Å². The van der Waals surface area contributed by atoms with Crippen molar-refractivity contribution in [2.75, 3.05) is 10.6 Å². The van der Waals surface area contributed by atoms with E-state index in [1.807, 2.05) is 69.3 Å². The van der Waals surface area contributed by atoms with Gasteiger partial charge in [-0.15, -0.1) is 0 Å². The number of anilines is 3. The number of aromatic nitrogens is 2. The second kappa shape index (κ2) is 7.13. The molecule has 0 aliphatic heterocycles. The van der Waals surface area contributed by atoms with E-state index >= 15 is 0 Å². The highest BCUT2D eigenvalue weighted by atomic mass is 16.1. The first-order valence-corrected chi connectivity index (χ1v) is 8.07. The third-order valence-corrected chi connectivity index (χ3v) is 3.71. The lowest BCUT2D eigenvalue weighted by atomic mass is 10.1. The molecule has 2 N–H and O–H groups in total. The second-order valence-electron chi connectivity index (χ2n) is 5.97. The van der Waals surface area contributed by atoms with Gasteiger partial charge in [0.25, 0.3) is 5.91 Å². The summed E-state index contributed by atoms with van der Waals surface area (Å²) in [7, 11) is 0. The van der Waals surface area contributed by atoms with E-state index in [1.54, 1.807) is 6.07 Å². The fraction of sp³-hybridized carbons (Fsp3) is 0.150. The number of benzene rings is 2. The van der Waals surface area contributed by atoms with Crippen molar-refractivity contribution in [3.63, 3.8) is 0 Å². The average molecular weight is 332 g/mol. The second-order valence-corrected chi connectivity index (χ2v) is 5.97. The molecule has 25 heavy (non-hydrogen) atoms. The fourth-order valence-electron chi connectivity index (χ4n) is 2.53. The highest BCUT2D eigenvalue weighted by molar-refractivity contribution is 6.08. The summed E-state index contributed by atoms with van der Waals surface area (Å²) in [4.78, 5) is 21.4. The van der Waals surface area contributed by atoms with Gasteiger partial charge in [-0.1, -0.05) is 29.8 Å². The number of carbonyl (C=O) groups is 1. The Morgan fingerprint density at radius 3 is 2.20 bits per heavy atom.